The largest absolute Gasteiger partial charge is 0.239 e. The highest BCUT2D eigenvalue weighted by Crippen LogP contribution is 2.42. The van der Waals surface area contributed by atoms with Gasteiger partial charge < -0.3 is 0 Å². The quantitative estimate of drug-likeness (QED) is 0.661. The standard InChI is InChI=1S/C19H21F3/c1-12-5-10-17(19(22)18(12)21)14-8-6-13(7-9-14)15-3-2-4-16(20)11-15/h2-5,10-11,13-14,18-19H,6-9H2,1H3. The summed E-state index contributed by atoms with van der Waals surface area (Å²) in [4.78, 5) is 0. The van der Waals surface area contributed by atoms with Crippen LogP contribution < -0.4 is 0 Å². The fourth-order valence-corrected chi connectivity index (χ4v) is 3.69. The molecule has 1 fully saturated rings. The van der Waals surface area contributed by atoms with Gasteiger partial charge in [0.1, 0.15) is 5.82 Å². The van der Waals surface area contributed by atoms with Gasteiger partial charge in [-0.15, -0.1) is 0 Å². The summed E-state index contributed by atoms with van der Waals surface area (Å²) >= 11 is 0. The van der Waals surface area contributed by atoms with Crippen LogP contribution in [0.15, 0.2) is 47.6 Å². The fraction of sp³-hybridized carbons (Fsp3) is 0.474. The van der Waals surface area contributed by atoms with E-state index in [-0.39, 0.29) is 11.7 Å². The molecule has 3 heteroatoms. The maximum atomic E-state index is 14.2. The third-order valence-electron chi connectivity index (χ3n) is 5.07. The van der Waals surface area contributed by atoms with Gasteiger partial charge in [-0.2, -0.15) is 0 Å². The van der Waals surface area contributed by atoms with Gasteiger partial charge in [0, 0.05) is 0 Å². The molecule has 1 aromatic carbocycles. The normalized spacial score (nSPS) is 32.4. The molecular weight excluding hydrogens is 285 g/mol. The van der Waals surface area contributed by atoms with Crippen molar-refractivity contribution >= 4 is 0 Å². The Hall–Kier alpha value is -1.51. The summed E-state index contributed by atoms with van der Waals surface area (Å²) in [7, 11) is 0. The maximum Gasteiger partial charge on any atom is 0.157 e. The molecular formula is C19H21F3. The predicted molar refractivity (Wildman–Crippen MR) is 82.7 cm³/mol. The summed E-state index contributed by atoms with van der Waals surface area (Å²) in [6, 6.07) is 6.73. The van der Waals surface area contributed by atoms with Crippen molar-refractivity contribution in [3.05, 3.63) is 58.9 Å². The summed E-state index contributed by atoms with van der Waals surface area (Å²) < 4.78 is 41.4. The first-order chi connectivity index (χ1) is 10.6. The van der Waals surface area contributed by atoms with Crippen molar-refractivity contribution in [3.63, 3.8) is 0 Å². The van der Waals surface area contributed by atoms with Gasteiger partial charge in [-0.05, 0) is 73.3 Å². The number of hydrogen-bond acceptors (Lipinski definition) is 0. The van der Waals surface area contributed by atoms with Crippen LogP contribution in [0.4, 0.5) is 13.2 Å². The summed E-state index contributed by atoms with van der Waals surface area (Å²) in [6.07, 6.45) is 3.95. The second-order valence-corrected chi connectivity index (χ2v) is 6.48. The van der Waals surface area contributed by atoms with Gasteiger partial charge in [0.05, 0.1) is 0 Å². The van der Waals surface area contributed by atoms with Gasteiger partial charge in [0.2, 0.25) is 0 Å². The first kappa shape index (κ1) is 15.4. The van der Waals surface area contributed by atoms with Crippen molar-refractivity contribution < 1.29 is 13.2 Å². The van der Waals surface area contributed by atoms with Gasteiger partial charge in [0.25, 0.3) is 0 Å². The first-order valence-electron chi connectivity index (χ1n) is 7.98. The topological polar surface area (TPSA) is 0 Å². The molecule has 2 aliphatic carbocycles. The molecule has 0 bridgehead atoms. The van der Waals surface area contributed by atoms with Crippen LogP contribution in [0.2, 0.25) is 0 Å². The van der Waals surface area contributed by atoms with Gasteiger partial charge in [-0.1, -0.05) is 24.3 Å². The Labute approximate surface area is 129 Å². The van der Waals surface area contributed by atoms with Gasteiger partial charge in [0.15, 0.2) is 12.3 Å². The molecule has 0 spiro atoms. The van der Waals surface area contributed by atoms with Crippen molar-refractivity contribution in [2.24, 2.45) is 5.92 Å². The summed E-state index contributed by atoms with van der Waals surface area (Å²) in [5.41, 5.74) is 2.09. The first-order valence-corrected chi connectivity index (χ1v) is 7.98. The zero-order valence-electron chi connectivity index (χ0n) is 12.7. The third-order valence-corrected chi connectivity index (χ3v) is 5.07. The molecule has 2 unspecified atom stereocenters. The number of alkyl halides is 2. The molecule has 0 aliphatic heterocycles. The molecule has 0 amide bonds. The van der Waals surface area contributed by atoms with E-state index in [1.54, 1.807) is 31.2 Å². The Morgan fingerprint density at radius 3 is 2.27 bits per heavy atom. The zero-order valence-corrected chi connectivity index (χ0v) is 12.7. The lowest BCUT2D eigenvalue weighted by Gasteiger charge is -2.33. The van der Waals surface area contributed by atoms with Gasteiger partial charge in [-0.3, -0.25) is 0 Å². The van der Waals surface area contributed by atoms with Crippen LogP contribution in [0.25, 0.3) is 0 Å². The van der Waals surface area contributed by atoms with Crippen molar-refractivity contribution in [3.8, 4) is 0 Å². The summed E-state index contributed by atoms with van der Waals surface area (Å²) in [6.45, 7) is 1.63. The average molecular weight is 306 g/mol. The lowest BCUT2D eigenvalue weighted by molar-refractivity contribution is 0.199. The molecule has 118 valence electrons. The molecule has 0 radical (unpaired) electrons. The van der Waals surface area contributed by atoms with E-state index in [9.17, 15) is 13.2 Å². The molecule has 0 heterocycles. The van der Waals surface area contributed by atoms with Crippen molar-refractivity contribution in [2.75, 3.05) is 0 Å². The third kappa shape index (κ3) is 2.99. The van der Waals surface area contributed by atoms with E-state index in [0.29, 0.717) is 17.1 Å². The van der Waals surface area contributed by atoms with Crippen molar-refractivity contribution in [1.82, 2.24) is 0 Å². The molecule has 1 aromatic rings. The fourth-order valence-electron chi connectivity index (χ4n) is 3.69. The van der Waals surface area contributed by atoms with Crippen molar-refractivity contribution in [2.45, 2.75) is 50.9 Å². The summed E-state index contributed by atoms with van der Waals surface area (Å²) in [5, 5.41) is 0. The van der Waals surface area contributed by atoms with Crippen LogP contribution in [-0.4, -0.2) is 12.3 Å². The van der Waals surface area contributed by atoms with Crippen LogP contribution in [0, 0.1) is 11.7 Å². The molecule has 0 nitrogen and oxygen atoms in total. The lowest BCUT2D eigenvalue weighted by Crippen LogP contribution is -2.29. The van der Waals surface area contributed by atoms with E-state index in [1.165, 1.54) is 6.07 Å². The molecule has 0 N–H and O–H groups in total. The summed E-state index contributed by atoms with van der Waals surface area (Å²) in [5.74, 6) is 0.231. The molecule has 0 aromatic heterocycles. The zero-order chi connectivity index (χ0) is 15.7. The van der Waals surface area contributed by atoms with E-state index < -0.39 is 12.3 Å². The second-order valence-electron chi connectivity index (χ2n) is 6.48. The minimum atomic E-state index is -1.50. The SMILES string of the molecule is CC1=CC=C(C2CCC(c3cccc(F)c3)CC2)C(F)C1F. The Bertz CT molecular complexity index is 594. The molecule has 3 rings (SSSR count). The van der Waals surface area contributed by atoms with Crippen LogP contribution >= 0.6 is 0 Å². The van der Waals surface area contributed by atoms with E-state index in [1.807, 2.05) is 6.07 Å². The highest BCUT2D eigenvalue weighted by Gasteiger charge is 2.34. The van der Waals surface area contributed by atoms with E-state index in [4.69, 9.17) is 0 Å². The Kier molecular flexibility index (Phi) is 4.42. The van der Waals surface area contributed by atoms with Gasteiger partial charge >= 0.3 is 0 Å². The van der Waals surface area contributed by atoms with Crippen LogP contribution in [-0.2, 0) is 0 Å². The minimum Gasteiger partial charge on any atom is -0.239 e. The Balaban J connectivity index is 1.67. The number of hydrogen-bond donors (Lipinski definition) is 0. The smallest absolute Gasteiger partial charge is 0.157 e. The number of allylic oxidation sites excluding steroid dienone is 4. The van der Waals surface area contributed by atoms with Crippen LogP contribution in [0.5, 0.6) is 0 Å². The van der Waals surface area contributed by atoms with Crippen LogP contribution in [0.1, 0.15) is 44.1 Å². The number of benzene rings is 1. The number of rotatable bonds is 2. The van der Waals surface area contributed by atoms with E-state index in [2.05, 4.69) is 0 Å². The molecule has 1 saturated carbocycles. The minimum absolute atomic E-state index is 0.113. The maximum absolute atomic E-state index is 14.2. The Morgan fingerprint density at radius 1 is 0.909 bits per heavy atom. The highest BCUT2D eigenvalue weighted by molar-refractivity contribution is 5.33. The molecule has 22 heavy (non-hydrogen) atoms. The van der Waals surface area contributed by atoms with E-state index >= 15 is 0 Å². The average Bonchev–Trinajstić information content (AvgIpc) is 2.53. The Morgan fingerprint density at radius 2 is 1.59 bits per heavy atom. The second kappa shape index (κ2) is 6.31. The van der Waals surface area contributed by atoms with Gasteiger partial charge in [-0.25, -0.2) is 13.2 Å². The molecule has 2 atom stereocenters. The van der Waals surface area contributed by atoms with Crippen LogP contribution in [0.3, 0.4) is 0 Å². The number of halogens is 3. The monoisotopic (exact) mass is 306 g/mol. The van der Waals surface area contributed by atoms with Crippen molar-refractivity contribution in [1.29, 1.82) is 0 Å². The predicted octanol–water partition coefficient (Wildman–Crippen LogP) is 5.66. The lowest BCUT2D eigenvalue weighted by atomic mass is 9.73. The molecule has 2 aliphatic rings. The highest BCUT2D eigenvalue weighted by atomic mass is 19.2. The molecule has 0 saturated heterocycles. The van der Waals surface area contributed by atoms with E-state index in [0.717, 1.165) is 31.2 Å².